The smallest absolute Gasteiger partial charge is 0.139 e. The van der Waals surface area contributed by atoms with Crippen LogP contribution in [0.25, 0.3) is 0 Å². The van der Waals surface area contributed by atoms with Crippen molar-refractivity contribution < 1.29 is 15.0 Å². The fourth-order valence-electron chi connectivity index (χ4n) is 4.56. The molecule has 2 aliphatic rings. The molecule has 142 valence electrons. The van der Waals surface area contributed by atoms with Gasteiger partial charge in [0.25, 0.3) is 0 Å². The molecule has 2 N–H and O–H groups in total. The minimum absolute atomic E-state index is 0.0177. The molecule has 0 radical (unpaired) electrons. The highest BCUT2D eigenvalue weighted by molar-refractivity contribution is 5.90. The van der Waals surface area contributed by atoms with Gasteiger partial charge in [0.15, 0.2) is 0 Å². The third kappa shape index (κ3) is 5.56. The Morgan fingerprint density at radius 2 is 1.72 bits per heavy atom. The lowest BCUT2D eigenvalue weighted by Crippen LogP contribution is -2.55. The van der Waals surface area contributed by atoms with Crippen LogP contribution < -0.4 is 0 Å². The highest BCUT2D eigenvalue weighted by atomic mass is 16.3. The van der Waals surface area contributed by atoms with Gasteiger partial charge < -0.3 is 10.2 Å². The molecule has 0 aliphatic heterocycles. The van der Waals surface area contributed by atoms with E-state index in [2.05, 4.69) is 18.8 Å². The topological polar surface area (TPSA) is 57.5 Å². The summed E-state index contributed by atoms with van der Waals surface area (Å²) in [7, 11) is 0. The molecule has 2 aliphatic carbocycles. The Bertz CT molecular complexity index is 475. The van der Waals surface area contributed by atoms with Gasteiger partial charge in [0.05, 0.1) is 12.0 Å². The Labute approximate surface area is 153 Å². The molecular weight excluding hydrogens is 312 g/mol. The molecule has 25 heavy (non-hydrogen) atoms. The number of fused-ring (bicyclic) bond motifs is 1. The summed E-state index contributed by atoms with van der Waals surface area (Å²) < 4.78 is 0. The number of unbranched alkanes of at least 4 members (excludes halogenated alkanes) is 7. The fraction of sp³-hybridized carbons (Fsp3) is 0.864. The van der Waals surface area contributed by atoms with E-state index in [9.17, 15) is 15.0 Å². The number of carbonyl (C=O) groups excluding carboxylic acids is 1. The molecule has 2 saturated carbocycles. The molecule has 6 atom stereocenters. The van der Waals surface area contributed by atoms with Gasteiger partial charge in [-0.05, 0) is 31.6 Å². The first-order valence-electron chi connectivity index (χ1n) is 10.5. The maximum absolute atomic E-state index is 11.9. The third-order valence-electron chi connectivity index (χ3n) is 6.21. The summed E-state index contributed by atoms with van der Waals surface area (Å²) in [6, 6.07) is 0. The molecule has 0 heterocycles. The second kappa shape index (κ2) is 10.3. The monoisotopic (exact) mass is 348 g/mol. The number of ketones is 1. The molecule has 3 heteroatoms. The van der Waals surface area contributed by atoms with E-state index in [1.165, 1.54) is 38.5 Å². The number of Topliss-reactive ketones (excluding diaryl/α,β-unsaturated/α-hetero) is 1. The lowest BCUT2D eigenvalue weighted by Gasteiger charge is -2.49. The van der Waals surface area contributed by atoms with Gasteiger partial charge in [0.1, 0.15) is 11.9 Å². The summed E-state index contributed by atoms with van der Waals surface area (Å²) in [5.41, 5.74) is 0. The normalized spacial score (nSPS) is 32.3. The molecule has 0 aromatic rings. The molecule has 0 aromatic heterocycles. The molecule has 0 bridgehead atoms. The Balaban J connectivity index is 1.66. The van der Waals surface area contributed by atoms with Crippen molar-refractivity contribution in [2.75, 3.05) is 0 Å². The van der Waals surface area contributed by atoms with Crippen LogP contribution in [0.4, 0.5) is 0 Å². The lowest BCUT2D eigenvalue weighted by molar-refractivity contribution is -0.151. The van der Waals surface area contributed by atoms with Crippen LogP contribution in [0.2, 0.25) is 0 Å². The Kier molecular flexibility index (Phi) is 8.46. The molecular formula is C22H36O3. The van der Waals surface area contributed by atoms with E-state index in [1.807, 2.05) is 6.92 Å². The number of hydrogen-bond donors (Lipinski definition) is 2. The summed E-state index contributed by atoms with van der Waals surface area (Å²) >= 11 is 0. The number of carbonyl (C=O) groups is 1. The highest BCUT2D eigenvalue weighted by Crippen LogP contribution is 2.49. The number of rotatable bonds is 9. The molecule has 2 rings (SSSR count). The number of aliphatic hydroxyl groups is 2. The van der Waals surface area contributed by atoms with Crippen molar-refractivity contribution in [1.29, 1.82) is 0 Å². The zero-order valence-corrected chi connectivity index (χ0v) is 16.0. The first-order chi connectivity index (χ1) is 12.1. The molecule has 0 spiro atoms. The minimum atomic E-state index is -0.598. The van der Waals surface area contributed by atoms with Gasteiger partial charge in [-0.15, -0.1) is 0 Å². The van der Waals surface area contributed by atoms with Gasteiger partial charge in [0, 0.05) is 11.8 Å². The van der Waals surface area contributed by atoms with Gasteiger partial charge in [-0.25, -0.2) is 0 Å². The van der Waals surface area contributed by atoms with Crippen LogP contribution in [-0.2, 0) is 4.79 Å². The van der Waals surface area contributed by atoms with Crippen LogP contribution >= 0.6 is 0 Å². The van der Waals surface area contributed by atoms with E-state index < -0.39 is 12.2 Å². The van der Waals surface area contributed by atoms with Crippen LogP contribution in [0.5, 0.6) is 0 Å². The van der Waals surface area contributed by atoms with Crippen LogP contribution in [0, 0.1) is 35.5 Å². The van der Waals surface area contributed by atoms with E-state index in [1.54, 1.807) is 0 Å². The second-order valence-electron chi connectivity index (χ2n) is 8.11. The molecule has 3 nitrogen and oxygen atoms in total. The van der Waals surface area contributed by atoms with Crippen molar-refractivity contribution in [2.45, 2.75) is 96.7 Å². The van der Waals surface area contributed by atoms with Crippen molar-refractivity contribution in [2.24, 2.45) is 23.7 Å². The summed E-state index contributed by atoms with van der Waals surface area (Å²) in [5.74, 6) is 6.59. The average Bonchev–Trinajstić information content (AvgIpc) is 2.62. The fourth-order valence-corrected chi connectivity index (χ4v) is 4.56. The van der Waals surface area contributed by atoms with Gasteiger partial charge in [-0.3, -0.25) is 4.79 Å². The zero-order valence-electron chi connectivity index (χ0n) is 16.0. The summed E-state index contributed by atoms with van der Waals surface area (Å²) in [6.45, 7) is 4.19. The Morgan fingerprint density at radius 3 is 2.40 bits per heavy atom. The van der Waals surface area contributed by atoms with E-state index in [0.29, 0.717) is 18.6 Å². The second-order valence-corrected chi connectivity index (χ2v) is 8.11. The van der Waals surface area contributed by atoms with Crippen LogP contribution in [-0.4, -0.2) is 28.2 Å². The highest BCUT2D eigenvalue weighted by Gasteiger charge is 2.54. The van der Waals surface area contributed by atoms with Crippen LogP contribution in [0.3, 0.4) is 0 Å². The van der Waals surface area contributed by atoms with E-state index in [0.717, 1.165) is 19.3 Å². The summed E-state index contributed by atoms with van der Waals surface area (Å²) in [4.78, 5) is 11.9. The predicted octanol–water partition coefficient (Wildman–Crippen LogP) is 4.10. The summed E-state index contributed by atoms with van der Waals surface area (Å²) in [5, 5.41) is 20.4. The predicted molar refractivity (Wildman–Crippen MR) is 101 cm³/mol. The Hall–Kier alpha value is -0.850. The van der Waals surface area contributed by atoms with Crippen molar-refractivity contribution in [1.82, 2.24) is 0 Å². The maximum atomic E-state index is 11.9. The van der Waals surface area contributed by atoms with Gasteiger partial charge >= 0.3 is 0 Å². The van der Waals surface area contributed by atoms with Crippen molar-refractivity contribution in [3.05, 3.63) is 0 Å². The lowest BCUT2D eigenvalue weighted by atomic mass is 9.53. The van der Waals surface area contributed by atoms with E-state index >= 15 is 0 Å². The van der Waals surface area contributed by atoms with Gasteiger partial charge in [-0.2, -0.15) is 0 Å². The van der Waals surface area contributed by atoms with E-state index in [-0.39, 0.29) is 23.7 Å². The third-order valence-corrected chi connectivity index (χ3v) is 6.21. The van der Waals surface area contributed by atoms with Crippen molar-refractivity contribution >= 4 is 5.78 Å². The van der Waals surface area contributed by atoms with Gasteiger partial charge in [0.2, 0.25) is 0 Å². The molecule has 2 fully saturated rings. The molecule has 1 unspecified atom stereocenters. The van der Waals surface area contributed by atoms with Crippen molar-refractivity contribution in [3.8, 4) is 11.8 Å². The quantitative estimate of drug-likeness (QED) is 0.487. The van der Waals surface area contributed by atoms with Gasteiger partial charge in [-0.1, -0.05) is 70.6 Å². The zero-order chi connectivity index (χ0) is 18.2. The van der Waals surface area contributed by atoms with Crippen LogP contribution in [0.1, 0.15) is 84.5 Å². The number of hydrogen-bond acceptors (Lipinski definition) is 3. The first kappa shape index (κ1) is 20.5. The maximum Gasteiger partial charge on any atom is 0.139 e. The number of aliphatic hydroxyl groups excluding tert-OH is 2. The first-order valence-corrected chi connectivity index (χ1v) is 10.5. The summed E-state index contributed by atoms with van der Waals surface area (Å²) in [6.07, 6.45) is 11.1. The standard InChI is InChI=1S/C22H36O3/c1-3-4-5-6-7-8-9-10-11-17(23)12-13-18-20(24)15-14-19-21(18)16(2)22(19)25/h16-21,23-24H,3-11,14-15H2,1-2H3/t16?,17-,18-,19-,20-,21+/m0/s1. The Morgan fingerprint density at radius 1 is 1.08 bits per heavy atom. The minimum Gasteiger partial charge on any atom is -0.392 e. The van der Waals surface area contributed by atoms with Crippen LogP contribution in [0.15, 0.2) is 0 Å². The molecule has 0 aromatic carbocycles. The SMILES string of the molecule is CCCCCCCCCC[C@H](O)C#C[C@@H]1[C@H]2C(C)C(=O)[C@H]2CC[C@@H]1O. The van der Waals surface area contributed by atoms with Crippen molar-refractivity contribution in [3.63, 3.8) is 0 Å². The largest absolute Gasteiger partial charge is 0.392 e. The molecule has 0 amide bonds. The molecule has 0 saturated heterocycles. The van der Waals surface area contributed by atoms with E-state index in [4.69, 9.17) is 0 Å². The average molecular weight is 349 g/mol.